The van der Waals surface area contributed by atoms with E-state index in [0.717, 1.165) is 28.6 Å². The lowest BCUT2D eigenvalue weighted by Gasteiger charge is -2.24. The van der Waals surface area contributed by atoms with Crippen molar-refractivity contribution < 1.29 is 17.9 Å². The summed E-state index contributed by atoms with van der Waals surface area (Å²) in [4.78, 5) is 13.4. The lowest BCUT2D eigenvalue weighted by molar-refractivity contribution is 0.102. The van der Waals surface area contributed by atoms with E-state index in [-0.39, 0.29) is 16.9 Å². The molecule has 11 nitrogen and oxygen atoms in total. The molecule has 0 atom stereocenters. The van der Waals surface area contributed by atoms with Gasteiger partial charge in [-0.1, -0.05) is 32.1 Å². The molecule has 2 N–H and O–H groups in total. The molecule has 0 saturated heterocycles. The number of hydrogen-bond acceptors (Lipinski definition) is 7. The molecule has 2 heterocycles. The maximum atomic E-state index is 13.4. The van der Waals surface area contributed by atoms with E-state index in [1.165, 1.54) is 7.11 Å². The normalized spacial score (nSPS) is 11.9. The van der Waals surface area contributed by atoms with Gasteiger partial charge in [0.05, 0.1) is 42.8 Å². The summed E-state index contributed by atoms with van der Waals surface area (Å²) >= 11 is 0. The molecule has 0 unspecified atom stereocenters. The van der Waals surface area contributed by atoms with Crippen LogP contribution in [0.25, 0.3) is 16.9 Å². The van der Waals surface area contributed by atoms with Crippen LogP contribution < -0.4 is 14.8 Å². The summed E-state index contributed by atoms with van der Waals surface area (Å²) in [6.45, 7) is 9.87. The van der Waals surface area contributed by atoms with Crippen LogP contribution in [0.1, 0.15) is 48.0 Å². The fourth-order valence-corrected chi connectivity index (χ4v) is 4.65. The van der Waals surface area contributed by atoms with E-state index in [0.29, 0.717) is 22.6 Å². The zero-order valence-corrected chi connectivity index (χ0v) is 24.1. The van der Waals surface area contributed by atoms with Crippen molar-refractivity contribution in [3.63, 3.8) is 0 Å². The molecular formula is C27H33N7O4S. The first kappa shape index (κ1) is 27.8. The van der Waals surface area contributed by atoms with Crippen LogP contribution in [0.3, 0.4) is 0 Å². The number of hydrogen-bond donors (Lipinski definition) is 2. The lowest BCUT2D eigenvalue weighted by Crippen LogP contribution is -2.18. The van der Waals surface area contributed by atoms with Crippen molar-refractivity contribution in [3.8, 4) is 22.7 Å². The standard InChI is InChI=1S/C27H33N7O4S/c1-16-9-10-18(11-24(16)34-15-23(30-32-34)20-14-28-33(6)17(20)2)26(35)29-21-12-19(27(3,4)5)13-22(25(21)38-7)31-39(8,36)37/h9-15,31H,1-8H3,(H,29,35). The Morgan fingerprint density at radius 2 is 1.77 bits per heavy atom. The van der Waals surface area contributed by atoms with Crippen molar-refractivity contribution in [2.75, 3.05) is 23.4 Å². The van der Waals surface area contributed by atoms with Crippen LogP contribution in [0.4, 0.5) is 11.4 Å². The molecule has 0 aliphatic heterocycles. The fraction of sp³-hybridized carbons (Fsp3) is 0.333. The monoisotopic (exact) mass is 551 g/mol. The highest BCUT2D eigenvalue weighted by molar-refractivity contribution is 7.92. The third kappa shape index (κ3) is 5.95. The Morgan fingerprint density at radius 3 is 2.36 bits per heavy atom. The number of rotatable bonds is 7. The number of nitrogens with zero attached hydrogens (tertiary/aromatic N) is 5. The van der Waals surface area contributed by atoms with E-state index >= 15 is 0 Å². The molecule has 206 valence electrons. The topological polar surface area (TPSA) is 133 Å². The smallest absolute Gasteiger partial charge is 0.255 e. The van der Waals surface area contributed by atoms with Gasteiger partial charge in [-0.2, -0.15) is 5.10 Å². The van der Waals surface area contributed by atoms with Crippen LogP contribution in [0.2, 0.25) is 0 Å². The van der Waals surface area contributed by atoms with Gasteiger partial charge in [-0.15, -0.1) is 5.10 Å². The Bertz CT molecular complexity index is 1660. The minimum absolute atomic E-state index is 0.210. The molecule has 39 heavy (non-hydrogen) atoms. The summed E-state index contributed by atoms with van der Waals surface area (Å²) in [5.41, 5.74) is 5.56. The minimum Gasteiger partial charge on any atom is -0.492 e. The van der Waals surface area contributed by atoms with Gasteiger partial charge in [0.25, 0.3) is 5.91 Å². The Labute approximate surface area is 228 Å². The van der Waals surface area contributed by atoms with Crippen LogP contribution in [-0.4, -0.2) is 52.5 Å². The van der Waals surface area contributed by atoms with Gasteiger partial charge < -0.3 is 10.1 Å². The Kier molecular flexibility index (Phi) is 7.26. The molecule has 2 aromatic heterocycles. The number of anilines is 2. The molecule has 1 amide bonds. The molecule has 12 heteroatoms. The summed E-state index contributed by atoms with van der Waals surface area (Å²) < 4.78 is 35.5. The van der Waals surface area contributed by atoms with Crippen molar-refractivity contribution in [2.45, 2.75) is 40.0 Å². The highest BCUT2D eigenvalue weighted by atomic mass is 32.2. The summed E-state index contributed by atoms with van der Waals surface area (Å²) in [6.07, 6.45) is 4.60. The predicted octanol–water partition coefficient (Wildman–Crippen LogP) is 4.21. The lowest BCUT2D eigenvalue weighted by atomic mass is 9.86. The number of benzene rings is 2. The van der Waals surface area contributed by atoms with Gasteiger partial charge in [-0.25, -0.2) is 13.1 Å². The third-order valence-electron chi connectivity index (χ3n) is 6.43. The average molecular weight is 552 g/mol. The minimum atomic E-state index is -3.59. The molecule has 0 radical (unpaired) electrons. The number of methoxy groups -OCH3 is 1. The van der Waals surface area contributed by atoms with Gasteiger partial charge in [0.1, 0.15) is 5.69 Å². The molecule has 0 aliphatic carbocycles. The summed E-state index contributed by atoms with van der Waals surface area (Å²) in [7, 11) is -0.309. The molecule has 4 aromatic rings. The Balaban J connectivity index is 1.71. The number of carbonyl (C=O) groups is 1. The van der Waals surface area contributed by atoms with Crippen LogP contribution >= 0.6 is 0 Å². The number of ether oxygens (including phenoxy) is 1. The fourth-order valence-electron chi connectivity index (χ4n) is 4.10. The third-order valence-corrected chi connectivity index (χ3v) is 7.02. The number of aryl methyl sites for hydroxylation is 2. The Hall–Kier alpha value is -4.19. The zero-order valence-electron chi connectivity index (χ0n) is 23.3. The van der Waals surface area contributed by atoms with E-state index < -0.39 is 15.9 Å². The number of sulfonamides is 1. The van der Waals surface area contributed by atoms with Crippen molar-refractivity contribution in [1.29, 1.82) is 0 Å². The molecule has 0 bridgehead atoms. The average Bonchev–Trinajstić information content (AvgIpc) is 3.44. The highest BCUT2D eigenvalue weighted by Gasteiger charge is 2.23. The first-order valence-corrected chi connectivity index (χ1v) is 14.1. The highest BCUT2D eigenvalue weighted by Crippen LogP contribution is 2.39. The largest absolute Gasteiger partial charge is 0.492 e. The Morgan fingerprint density at radius 1 is 1.08 bits per heavy atom. The second kappa shape index (κ2) is 10.2. The first-order chi connectivity index (χ1) is 18.2. The van der Waals surface area contributed by atoms with Gasteiger partial charge in [-0.05, 0) is 54.7 Å². The molecule has 0 fully saturated rings. The van der Waals surface area contributed by atoms with E-state index in [4.69, 9.17) is 4.74 Å². The SMILES string of the molecule is COc1c(NC(=O)c2ccc(C)c(-n3cc(-c4cnn(C)c4C)nn3)c2)cc(C(C)(C)C)cc1NS(C)(=O)=O. The van der Waals surface area contributed by atoms with E-state index in [1.54, 1.807) is 46.0 Å². The van der Waals surface area contributed by atoms with Crippen LogP contribution in [0, 0.1) is 13.8 Å². The van der Waals surface area contributed by atoms with Gasteiger partial charge >= 0.3 is 0 Å². The number of nitrogens with one attached hydrogen (secondary N) is 2. The first-order valence-electron chi connectivity index (χ1n) is 12.2. The van der Waals surface area contributed by atoms with E-state index in [9.17, 15) is 13.2 Å². The van der Waals surface area contributed by atoms with Crippen LogP contribution in [0.15, 0.2) is 42.7 Å². The molecule has 4 rings (SSSR count). The molecule has 0 aliphatic rings. The summed E-state index contributed by atoms with van der Waals surface area (Å²) in [6, 6.07) is 8.79. The second-order valence-corrected chi connectivity index (χ2v) is 12.2. The number of amides is 1. The number of carbonyl (C=O) groups excluding carboxylic acids is 1. The van der Waals surface area contributed by atoms with E-state index in [1.807, 2.05) is 47.7 Å². The molecular weight excluding hydrogens is 518 g/mol. The molecule has 0 spiro atoms. The van der Waals surface area contributed by atoms with Crippen molar-refractivity contribution >= 4 is 27.3 Å². The quantitative estimate of drug-likeness (QED) is 0.351. The summed E-state index contributed by atoms with van der Waals surface area (Å²) in [5.74, 6) is -0.184. The van der Waals surface area contributed by atoms with Crippen LogP contribution in [0.5, 0.6) is 5.75 Å². The maximum absolute atomic E-state index is 13.4. The molecule has 0 saturated carbocycles. The van der Waals surface area contributed by atoms with Crippen molar-refractivity contribution in [3.05, 3.63) is 65.1 Å². The summed E-state index contributed by atoms with van der Waals surface area (Å²) in [5, 5.41) is 15.8. The van der Waals surface area contributed by atoms with Gasteiger partial charge in [-0.3, -0.25) is 14.2 Å². The van der Waals surface area contributed by atoms with Crippen molar-refractivity contribution in [2.24, 2.45) is 7.05 Å². The van der Waals surface area contributed by atoms with E-state index in [2.05, 4.69) is 25.4 Å². The number of aromatic nitrogens is 5. The van der Waals surface area contributed by atoms with Gasteiger partial charge in [0.15, 0.2) is 5.75 Å². The van der Waals surface area contributed by atoms with Gasteiger partial charge in [0.2, 0.25) is 10.0 Å². The molecule has 2 aromatic carbocycles. The van der Waals surface area contributed by atoms with Gasteiger partial charge in [0, 0.05) is 23.9 Å². The zero-order chi connectivity index (χ0) is 28.7. The maximum Gasteiger partial charge on any atom is 0.255 e. The van der Waals surface area contributed by atoms with Crippen LogP contribution in [-0.2, 0) is 22.5 Å². The predicted molar refractivity (Wildman–Crippen MR) is 151 cm³/mol. The second-order valence-electron chi connectivity index (χ2n) is 10.5. The van der Waals surface area contributed by atoms with Crippen molar-refractivity contribution in [1.82, 2.24) is 24.8 Å².